The maximum absolute atomic E-state index is 12.8. The maximum Gasteiger partial charge on any atom is 0.252 e. The Kier molecular flexibility index (Phi) is 6.98. The van der Waals surface area contributed by atoms with E-state index >= 15 is 0 Å². The molecule has 2 rings (SSSR count). The van der Waals surface area contributed by atoms with Gasteiger partial charge in [0.05, 0.1) is 14.2 Å². The summed E-state index contributed by atoms with van der Waals surface area (Å²) >= 11 is 0. The zero-order valence-corrected chi connectivity index (χ0v) is 17.0. The molecule has 3 unspecified atom stereocenters. The molecule has 27 heavy (non-hydrogen) atoms. The Balaban J connectivity index is 2.04. The highest BCUT2D eigenvalue weighted by Crippen LogP contribution is 2.41. The predicted octanol–water partition coefficient (Wildman–Crippen LogP) is 2.89. The summed E-state index contributed by atoms with van der Waals surface area (Å²) < 4.78 is 10.3. The van der Waals surface area contributed by atoms with E-state index in [-0.39, 0.29) is 23.5 Å². The van der Waals surface area contributed by atoms with Gasteiger partial charge in [-0.2, -0.15) is 0 Å². The lowest BCUT2D eigenvalue weighted by Crippen LogP contribution is -2.56. The molecular weight excluding hydrogens is 346 g/mol. The van der Waals surface area contributed by atoms with Crippen molar-refractivity contribution in [2.45, 2.75) is 52.1 Å². The molecule has 0 saturated heterocycles. The minimum Gasteiger partial charge on any atom is -0.502 e. The summed E-state index contributed by atoms with van der Waals surface area (Å²) in [7, 11) is 2.96. The third kappa shape index (κ3) is 4.67. The molecular formula is C21H33NO5. The van der Waals surface area contributed by atoms with Crippen molar-refractivity contribution in [3.8, 4) is 17.2 Å². The summed E-state index contributed by atoms with van der Waals surface area (Å²) in [6.07, 6.45) is 2.96. The highest BCUT2D eigenvalue weighted by Gasteiger charge is 2.48. The normalized spacial score (nSPS) is 25.3. The number of amides is 1. The summed E-state index contributed by atoms with van der Waals surface area (Å²) in [4.78, 5) is 12.8. The molecule has 1 aliphatic rings. The van der Waals surface area contributed by atoms with E-state index in [2.05, 4.69) is 26.1 Å². The van der Waals surface area contributed by atoms with Crippen molar-refractivity contribution >= 4 is 5.91 Å². The van der Waals surface area contributed by atoms with Crippen LogP contribution >= 0.6 is 0 Å². The van der Waals surface area contributed by atoms with Crippen LogP contribution in [0.15, 0.2) is 12.1 Å². The lowest BCUT2D eigenvalue weighted by molar-refractivity contribution is -0.155. The lowest BCUT2D eigenvalue weighted by atomic mass is 9.66. The van der Waals surface area contributed by atoms with E-state index in [0.29, 0.717) is 36.8 Å². The smallest absolute Gasteiger partial charge is 0.252 e. The Morgan fingerprint density at radius 3 is 2.37 bits per heavy atom. The Bertz CT molecular complexity index is 635. The number of hydrogen-bond donors (Lipinski definition) is 3. The summed E-state index contributed by atoms with van der Waals surface area (Å²) in [6, 6.07) is 3.44. The number of phenols is 1. The predicted molar refractivity (Wildman–Crippen MR) is 104 cm³/mol. The zero-order valence-electron chi connectivity index (χ0n) is 17.0. The Morgan fingerprint density at radius 1 is 1.26 bits per heavy atom. The van der Waals surface area contributed by atoms with Gasteiger partial charge in [-0.3, -0.25) is 4.79 Å². The number of aromatic hydroxyl groups is 1. The number of aliphatic hydroxyl groups is 1. The van der Waals surface area contributed by atoms with Gasteiger partial charge in [-0.05, 0) is 54.7 Å². The number of carbonyl (C=O) groups excluding carboxylic acids is 1. The van der Waals surface area contributed by atoms with Crippen LogP contribution in [0.5, 0.6) is 17.2 Å². The molecule has 6 nitrogen and oxygen atoms in total. The van der Waals surface area contributed by atoms with Gasteiger partial charge in [-0.1, -0.05) is 27.2 Å². The van der Waals surface area contributed by atoms with Crippen LogP contribution in [0.1, 0.15) is 45.6 Å². The van der Waals surface area contributed by atoms with E-state index in [9.17, 15) is 15.0 Å². The molecule has 1 aromatic carbocycles. The minimum atomic E-state index is -1.31. The fraction of sp³-hybridized carbons (Fsp3) is 0.667. The number of ether oxygens (including phenoxy) is 2. The standard InChI is InChI=1S/C21H33NO5/c1-13(2)16-7-6-14(3)12-21(16,25)20(24)22-9-8-15-10-17(26-4)19(23)18(11-15)27-5/h10-11,13-14,16,23,25H,6-9,12H2,1-5H3,(H,22,24). The van der Waals surface area contributed by atoms with Crippen LogP contribution in [0.3, 0.4) is 0 Å². The van der Waals surface area contributed by atoms with Gasteiger partial charge >= 0.3 is 0 Å². The largest absolute Gasteiger partial charge is 0.502 e. The van der Waals surface area contributed by atoms with Crippen LogP contribution < -0.4 is 14.8 Å². The molecule has 0 bridgehead atoms. The molecule has 0 spiro atoms. The van der Waals surface area contributed by atoms with Crippen molar-refractivity contribution in [1.82, 2.24) is 5.32 Å². The first-order chi connectivity index (χ1) is 12.7. The van der Waals surface area contributed by atoms with Gasteiger partial charge in [-0.25, -0.2) is 0 Å². The van der Waals surface area contributed by atoms with Crippen molar-refractivity contribution in [3.05, 3.63) is 17.7 Å². The molecule has 1 amide bonds. The van der Waals surface area contributed by atoms with Crippen molar-refractivity contribution in [2.75, 3.05) is 20.8 Å². The first-order valence-corrected chi connectivity index (χ1v) is 9.67. The van der Waals surface area contributed by atoms with Gasteiger partial charge < -0.3 is 25.0 Å². The van der Waals surface area contributed by atoms with Crippen molar-refractivity contribution in [3.63, 3.8) is 0 Å². The first kappa shape index (κ1) is 21.4. The molecule has 0 heterocycles. The van der Waals surface area contributed by atoms with Gasteiger partial charge in [0.15, 0.2) is 11.5 Å². The molecule has 6 heteroatoms. The second kappa shape index (κ2) is 8.83. The zero-order chi connectivity index (χ0) is 20.2. The average molecular weight is 379 g/mol. The molecule has 1 fully saturated rings. The van der Waals surface area contributed by atoms with Gasteiger partial charge in [0.25, 0.3) is 5.91 Å². The summed E-state index contributed by atoms with van der Waals surface area (Å²) in [5.41, 5.74) is -0.442. The molecule has 3 atom stereocenters. The topological polar surface area (TPSA) is 88.0 Å². The highest BCUT2D eigenvalue weighted by molar-refractivity contribution is 5.85. The number of hydrogen-bond acceptors (Lipinski definition) is 5. The fourth-order valence-corrected chi connectivity index (χ4v) is 4.20. The molecule has 0 aromatic heterocycles. The van der Waals surface area contributed by atoms with Crippen LogP contribution in [-0.4, -0.2) is 42.5 Å². The van der Waals surface area contributed by atoms with Gasteiger partial charge in [0.2, 0.25) is 5.75 Å². The van der Waals surface area contributed by atoms with Crippen LogP contribution in [-0.2, 0) is 11.2 Å². The molecule has 1 aromatic rings. The second-order valence-electron chi connectivity index (χ2n) is 8.02. The third-order valence-corrected chi connectivity index (χ3v) is 5.68. The van der Waals surface area contributed by atoms with E-state index in [0.717, 1.165) is 18.4 Å². The molecule has 1 saturated carbocycles. The van der Waals surface area contributed by atoms with Crippen LogP contribution in [0.25, 0.3) is 0 Å². The fourth-order valence-electron chi connectivity index (χ4n) is 4.20. The summed E-state index contributed by atoms with van der Waals surface area (Å²) in [6.45, 7) is 6.60. The Morgan fingerprint density at radius 2 is 1.85 bits per heavy atom. The number of rotatable bonds is 7. The lowest BCUT2D eigenvalue weighted by Gasteiger charge is -2.43. The van der Waals surface area contributed by atoms with Crippen molar-refractivity contribution < 1.29 is 24.5 Å². The summed E-state index contributed by atoms with van der Waals surface area (Å²) in [5.74, 6) is 0.886. The molecule has 0 radical (unpaired) electrons. The van der Waals surface area contributed by atoms with Crippen molar-refractivity contribution in [1.29, 1.82) is 0 Å². The number of benzene rings is 1. The van der Waals surface area contributed by atoms with E-state index in [1.54, 1.807) is 12.1 Å². The van der Waals surface area contributed by atoms with Gasteiger partial charge in [-0.15, -0.1) is 0 Å². The Labute approximate surface area is 161 Å². The van der Waals surface area contributed by atoms with E-state index in [1.807, 2.05) is 0 Å². The summed E-state index contributed by atoms with van der Waals surface area (Å²) in [5, 5.41) is 24.0. The van der Waals surface area contributed by atoms with Crippen molar-refractivity contribution in [2.24, 2.45) is 17.8 Å². The number of methoxy groups -OCH3 is 2. The third-order valence-electron chi connectivity index (χ3n) is 5.68. The van der Waals surface area contributed by atoms with Crippen LogP contribution in [0, 0.1) is 17.8 Å². The Hall–Kier alpha value is -1.95. The first-order valence-electron chi connectivity index (χ1n) is 9.67. The SMILES string of the molecule is COc1cc(CCNC(=O)C2(O)CC(C)CCC2C(C)C)cc(OC)c1O. The van der Waals surface area contributed by atoms with E-state index < -0.39 is 5.60 Å². The maximum atomic E-state index is 12.8. The quantitative estimate of drug-likeness (QED) is 0.678. The molecule has 1 aliphatic carbocycles. The second-order valence-corrected chi connectivity index (χ2v) is 8.02. The highest BCUT2D eigenvalue weighted by atomic mass is 16.5. The molecule has 3 N–H and O–H groups in total. The number of nitrogens with one attached hydrogen (secondary N) is 1. The number of carbonyl (C=O) groups is 1. The van der Waals surface area contributed by atoms with E-state index in [1.165, 1.54) is 14.2 Å². The van der Waals surface area contributed by atoms with Crippen LogP contribution in [0.2, 0.25) is 0 Å². The van der Waals surface area contributed by atoms with E-state index in [4.69, 9.17) is 9.47 Å². The number of phenolic OH excluding ortho intramolecular Hbond substituents is 1. The van der Waals surface area contributed by atoms with Gasteiger partial charge in [0, 0.05) is 6.54 Å². The minimum absolute atomic E-state index is 0.0254. The monoisotopic (exact) mass is 379 g/mol. The molecule has 152 valence electrons. The van der Waals surface area contributed by atoms with Gasteiger partial charge in [0.1, 0.15) is 5.60 Å². The average Bonchev–Trinajstić information content (AvgIpc) is 2.62. The molecule has 0 aliphatic heterocycles. The van der Waals surface area contributed by atoms with Crippen LogP contribution in [0.4, 0.5) is 0 Å².